The lowest BCUT2D eigenvalue weighted by Crippen LogP contribution is -2.27. The van der Waals surface area contributed by atoms with E-state index in [-0.39, 0.29) is 0 Å². The molecule has 1 aromatic rings. The molecule has 1 unspecified atom stereocenters. The average Bonchev–Trinajstić information content (AvgIpc) is 2.75. The Balaban J connectivity index is 1.75. The average molecular weight is 230 g/mol. The molecule has 0 saturated carbocycles. The van der Waals surface area contributed by atoms with Gasteiger partial charge in [-0.25, -0.2) is 0 Å². The molecule has 1 N–H and O–H groups in total. The first kappa shape index (κ1) is 11.2. The molecule has 1 saturated heterocycles. The number of hydrogen-bond acceptors (Lipinski definition) is 2. The second-order valence-electron chi connectivity index (χ2n) is 5.49. The van der Waals surface area contributed by atoms with Gasteiger partial charge in [0.2, 0.25) is 0 Å². The van der Waals surface area contributed by atoms with Gasteiger partial charge in [0.25, 0.3) is 0 Å². The highest BCUT2D eigenvalue weighted by molar-refractivity contribution is 5.33. The first-order valence-electron chi connectivity index (χ1n) is 6.88. The largest absolute Gasteiger partial charge is 0.312 e. The highest BCUT2D eigenvalue weighted by Gasteiger charge is 2.20. The lowest BCUT2D eigenvalue weighted by atomic mass is 9.98. The summed E-state index contributed by atoms with van der Waals surface area (Å²) >= 11 is 0. The number of rotatable bonds is 2. The van der Waals surface area contributed by atoms with Crippen molar-refractivity contribution < 1.29 is 0 Å². The zero-order chi connectivity index (χ0) is 11.7. The van der Waals surface area contributed by atoms with E-state index in [0.29, 0.717) is 0 Å². The van der Waals surface area contributed by atoms with Crippen LogP contribution in [0.1, 0.15) is 36.5 Å². The van der Waals surface area contributed by atoms with Crippen LogP contribution in [0.2, 0.25) is 0 Å². The smallest absolute Gasteiger partial charge is 0.0236 e. The Morgan fingerprint density at radius 2 is 2.29 bits per heavy atom. The monoisotopic (exact) mass is 230 g/mol. The molecule has 0 radical (unpaired) electrons. The molecule has 1 aromatic carbocycles. The van der Waals surface area contributed by atoms with Crippen LogP contribution in [0.4, 0.5) is 0 Å². The van der Waals surface area contributed by atoms with Crippen LogP contribution in [0.15, 0.2) is 18.2 Å². The van der Waals surface area contributed by atoms with Crippen LogP contribution in [-0.4, -0.2) is 24.0 Å². The number of nitrogens with zero attached hydrogens (tertiary/aromatic N) is 1. The van der Waals surface area contributed by atoms with Crippen molar-refractivity contribution in [3.05, 3.63) is 34.9 Å². The molecule has 2 heterocycles. The van der Waals surface area contributed by atoms with Crippen LogP contribution in [0.5, 0.6) is 0 Å². The summed E-state index contributed by atoms with van der Waals surface area (Å²) in [6, 6.07) is 7.85. The van der Waals surface area contributed by atoms with Gasteiger partial charge in [-0.2, -0.15) is 0 Å². The first-order valence-corrected chi connectivity index (χ1v) is 6.88. The Morgan fingerprint density at radius 3 is 3.12 bits per heavy atom. The molecular weight excluding hydrogens is 208 g/mol. The van der Waals surface area contributed by atoms with Gasteiger partial charge < -0.3 is 5.32 Å². The second-order valence-corrected chi connectivity index (χ2v) is 5.49. The van der Waals surface area contributed by atoms with Crippen LogP contribution < -0.4 is 5.32 Å². The maximum Gasteiger partial charge on any atom is 0.0236 e. The topological polar surface area (TPSA) is 15.3 Å². The summed E-state index contributed by atoms with van der Waals surface area (Å²) in [6.45, 7) is 6.95. The molecule has 1 fully saturated rings. The molecule has 0 bridgehead atoms. The fourth-order valence-electron chi connectivity index (χ4n) is 3.09. The summed E-state index contributed by atoms with van der Waals surface area (Å²) < 4.78 is 0. The summed E-state index contributed by atoms with van der Waals surface area (Å²) in [7, 11) is 0. The minimum Gasteiger partial charge on any atom is -0.312 e. The van der Waals surface area contributed by atoms with Gasteiger partial charge >= 0.3 is 0 Å². The van der Waals surface area contributed by atoms with Gasteiger partial charge in [0.05, 0.1) is 0 Å². The van der Waals surface area contributed by atoms with Crippen LogP contribution >= 0.6 is 0 Å². The predicted octanol–water partition coefficient (Wildman–Crippen LogP) is 2.32. The Bertz CT molecular complexity index is 400. The molecular formula is C15H22N2. The van der Waals surface area contributed by atoms with Crippen molar-refractivity contribution >= 4 is 0 Å². The second kappa shape index (κ2) is 4.79. The number of nitrogens with one attached hydrogen (secondary N) is 1. The van der Waals surface area contributed by atoms with Gasteiger partial charge in [-0.15, -0.1) is 0 Å². The highest BCUT2D eigenvalue weighted by atomic mass is 15.2. The Kier molecular flexibility index (Phi) is 3.17. The molecule has 0 aromatic heterocycles. The highest BCUT2D eigenvalue weighted by Crippen LogP contribution is 2.21. The molecule has 17 heavy (non-hydrogen) atoms. The SMILES string of the molecule is CC1CCCN1Cc1ccc2c(c1)CNCC2. The normalized spacial score (nSPS) is 24.9. The van der Waals surface area contributed by atoms with E-state index in [1.165, 1.54) is 36.9 Å². The maximum absolute atomic E-state index is 3.46. The van der Waals surface area contributed by atoms with Gasteiger partial charge in [0.15, 0.2) is 0 Å². The number of hydrogen-bond donors (Lipinski definition) is 1. The van der Waals surface area contributed by atoms with Crippen LogP contribution in [0, 0.1) is 0 Å². The molecule has 2 nitrogen and oxygen atoms in total. The molecule has 92 valence electrons. The molecule has 1 atom stereocenters. The van der Waals surface area contributed by atoms with E-state index in [1.807, 2.05) is 0 Å². The van der Waals surface area contributed by atoms with Crippen LogP contribution in [0.3, 0.4) is 0 Å². The minimum absolute atomic E-state index is 0.768. The van der Waals surface area contributed by atoms with Crippen molar-refractivity contribution in [2.24, 2.45) is 0 Å². The van der Waals surface area contributed by atoms with Crippen LogP contribution in [-0.2, 0) is 19.5 Å². The molecule has 0 spiro atoms. The molecule has 0 aliphatic carbocycles. The van der Waals surface area contributed by atoms with E-state index >= 15 is 0 Å². The number of benzene rings is 1. The summed E-state index contributed by atoms with van der Waals surface area (Å²) in [5, 5.41) is 3.46. The van der Waals surface area contributed by atoms with Crippen molar-refractivity contribution in [2.75, 3.05) is 13.1 Å². The summed E-state index contributed by atoms with van der Waals surface area (Å²) in [5.41, 5.74) is 4.55. The van der Waals surface area contributed by atoms with E-state index in [0.717, 1.165) is 25.7 Å². The van der Waals surface area contributed by atoms with Crippen molar-refractivity contribution in [1.29, 1.82) is 0 Å². The lowest BCUT2D eigenvalue weighted by molar-refractivity contribution is 0.260. The molecule has 2 aliphatic heterocycles. The van der Waals surface area contributed by atoms with E-state index < -0.39 is 0 Å². The lowest BCUT2D eigenvalue weighted by Gasteiger charge is -2.23. The molecule has 2 heteroatoms. The number of fused-ring (bicyclic) bond motifs is 1. The first-order chi connectivity index (χ1) is 8.33. The fourth-order valence-corrected chi connectivity index (χ4v) is 3.09. The Hall–Kier alpha value is -0.860. The minimum atomic E-state index is 0.768. The summed E-state index contributed by atoms with van der Waals surface area (Å²) in [6.07, 6.45) is 3.93. The third-order valence-corrected chi connectivity index (χ3v) is 4.23. The standard InChI is InChI=1S/C15H22N2/c1-12-3-2-8-17(12)11-13-4-5-14-6-7-16-10-15(14)9-13/h4-5,9,12,16H,2-3,6-8,10-11H2,1H3. The maximum atomic E-state index is 3.46. The Labute approximate surface area is 104 Å². The van der Waals surface area contributed by atoms with Gasteiger partial charge in [-0.3, -0.25) is 4.90 Å². The van der Waals surface area contributed by atoms with Gasteiger partial charge in [-0.1, -0.05) is 18.2 Å². The van der Waals surface area contributed by atoms with E-state index in [9.17, 15) is 0 Å². The molecule has 2 aliphatic rings. The Morgan fingerprint density at radius 1 is 1.35 bits per heavy atom. The quantitative estimate of drug-likeness (QED) is 0.839. The summed E-state index contributed by atoms with van der Waals surface area (Å²) in [5.74, 6) is 0. The third-order valence-electron chi connectivity index (χ3n) is 4.23. The zero-order valence-electron chi connectivity index (χ0n) is 10.7. The predicted molar refractivity (Wildman–Crippen MR) is 71.0 cm³/mol. The van der Waals surface area contributed by atoms with Gasteiger partial charge in [-0.05, 0) is 56.0 Å². The number of likely N-dealkylation sites (tertiary alicyclic amines) is 1. The van der Waals surface area contributed by atoms with E-state index in [2.05, 4.69) is 35.3 Å². The summed E-state index contributed by atoms with van der Waals surface area (Å²) in [4.78, 5) is 2.61. The van der Waals surface area contributed by atoms with Crippen molar-refractivity contribution in [2.45, 2.75) is 45.3 Å². The van der Waals surface area contributed by atoms with Crippen LogP contribution in [0.25, 0.3) is 0 Å². The van der Waals surface area contributed by atoms with Gasteiger partial charge in [0.1, 0.15) is 0 Å². The molecule has 0 amide bonds. The fraction of sp³-hybridized carbons (Fsp3) is 0.600. The molecule has 3 rings (SSSR count). The van der Waals surface area contributed by atoms with Gasteiger partial charge in [0, 0.05) is 19.1 Å². The van der Waals surface area contributed by atoms with Crippen molar-refractivity contribution in [3.63, 3.8) is 0 Å². The van der Waals surface area contributed by atoms with E-state index in [1.54, 1.807) is 5.56 Å². The van der Waals surface area contributed by atoms with E-state index in [4.69, 9.17) is 0 Å². The third kappa shape index (κ3) is 2.38. The van der Waals surface area contributed by atoms with Crippen molar-refractivity contribution in [1.82, 2.24) is 10.2 Å². The zero-order valence-corrected chi connectivity index (χ0v) is 10.7. The van der Waals surface area contributed by atoms with Crippen molar-refractivity contribution in [3.8, 4) is 0 Å².